The molecule has 0 heterocycles. The second-order valence-electron chi connectivity index (χ2n) is 3.73. The van der Waals surface area contributed by atoms with Crippen molar-refractivity contribution in [2.45, 2.75) is 18.9 Å². The molecule has 0 radical (unpaired) electrons. The molecule has 1 aromatic rings. The molecule has 0 bridgehead atoms. The van der Waals surface area contributed by atoms with Gasteiger partial charge in [0.15, 0.2) is 0 Å². The average Bonchev–Trinajstić information content (AvgIpc) is 3.01. The summed E-state index contributed by atoms with van der Waals surface area (Å²) in [4.78, 5) is 2.21. The molecule has 72 valence electrons. The van der Waals surface area contributed by atoms with Crippen LogP contribution in [0.4, 0.5) is 11.4 Å². The molecule has 1 aliphatic carbocycles. The average molecular weight is 187 g/mol. The molecule has 0 atom stereocenters. The maximum absolute atomic E-state index is 8.83. The van der Waals surface area contributed by atoms with Crippen LogP contribution >= 0.6 is 0 Å². The van der Waals surface area contributed by atoms with Gasteiger partial charge in [0.1, 0.15) is 6.07 Å². The molecule has 0 aliphatic heterocycles. The SMILES string of the molecule is CN(c1ccc(N)c(C#N)c1)C1CC1. The molecule has 1 saturated carbocycles. The summed E-state index contributed by atoms with van der Waals surface area (Å²) >= 11 is 0. The highest BCUT2D eigenvalue weighted by molar-refractivity contribution is 5.63. The van der Waals surface area contributed by atoms with E-state index in [9.17, 15) is 0 Å². The Hall–Kier alpha value is -1.69. The van der Waals surface area contributed by atoms with E-state index in [0.717, 1.165) is 5.69 Å². The maximum Gasteiger partial charge on any atom is 0.101 e. The first-order valence-electron chi connectivity index (χ1n) is 4.75. The zero-order chi connectivity index (χ0) is 10.1. The van der Waals surface area contributed by atoms with Crippen LogP contribution in [0.15, 0.2) is 18.2 Å². The van der Waals surface area contributed by atoms with E-state index in [2.05, 4.69) is 18.0 Å². The first kappa shape index (κ1) is 8.89. The Bertz CT molecular complexity index is 388. The molecular weight excluding hydrogens is 174 g/mol. The van der Waals surface area contributed by atoms with Gasteiger partial charge in [-0.15, -0.1) is 0 Å². The summed E-state index contributed by atoms with van der Waals surface area (Å²) in [5.41, 5.74) is 7.85. The Morgan fingerprint density at radius 1 is 1.50 bits per heavy atom. The van der Waals surface area contributed by atoms with Gasteiger partial charge in [0.2, 0.25) is 0 Å². The number of nitriles is 1. The van der Waals surface area contributed by atoms with Crippen LogP contribution < -0.4 is 10.6 Å². The van der Waals surface area contributed by atoms with E-state index in [0.29, 0.717) is 17.3 Å². The van der Waals surface area contributed by atoms with Crippen molar-refractivity contribution in [1.29, 1.82) is 5.26 Å². The first-order valence-corrected chi connectivity index (χ1v) is 4.75. The van der Waals surface area contributed by atoms with Crippen molar-refractivity contribution in [2.75, 3.05) is 17.7 Å². The summed E-state index contributed by atoms with van der Waals surface area (Å²) in [5.74, 6) is 0. The quantitative estimate of drug-likeness (QED) is 0.717. The third kappa shape index (κ3) is 1.51. The molecule has 0 amide bonds. The standard InChI is InChI=1S/C11H13N3/c1-14(9-2-3-9)10-4-5-11(13)8(6-10)7-12/h4-6,9H,2-3,13H2,1H3. The van der Waals surface area contributed by atoms with Crippen molar-refractivity contribution in [1.82, 2.24) is 0 Å². The monoisotopic (exact) mass is 187 g/mol. The van der Waals surface area contributed by atoms with Crippen LogP contribution in [0, 0.1) is 11.3 Å². The minimum Gasteiger partial charge on any atom is -0.398 e. The summed E-state index contributed by atoms with van der Waals surface area (Å²) < 4.78 is 0. The highest BCUT2D eigenvalue weighted by atomic mass is 15.2. The van der Waals surface area contributed by atoms with Gasteiger partial charge in [-0.05, 0) is 31.0 Å². The predicted octanol–water partition coefficient (Wildman–Crippen LogP) is 1.74. The van der Waals surface area contributed by atoms with E-state index in [4.69, 9.17) is 11.0 Å². The van der Waals surface area contributed by atoms with E-state index >= 15 is 0 Å². The van der Waals surface area contributed by atoms with Gasteiger partial charge in [-0.1, -0.05) is 0 Å². The molecule has 1 aliphatic rings. The lowest BCUT2D eigenvalue weighted by Crippen LogP contribution is -2.19. The molecule has 3 nitrogen and oxygen atoms in total. The normalized spacial score (nSPS) is 14.9. The molecule has 1 fully saturated rings. The second-order valence-corrected chi connectivity index (χ2v) is 3.73. The van der Waals surface area contributed by atoms with Gasteiger partial charge in [-0.25, -0.2) is 0 Å². The summed E-state index contributed by atoms with van der Waals surface area (Å²) in [6, 6.07) is 8.38. The smallest absolute Gasteiger partial charge is 0.101 e. The number of hydrogen-bond acceptors (Lipinski definition) is 3. The number of nitrogens with two attached hydrogens (primary N) is 1. The number of nitrogen functional groups attached to an aromatic ring is 1. The Labute approximate surface area is 83.7 Å². The van der Waals surface area contributed by atoms with Gasteiger partial charge < -0.3 is 10.6 Å². The van der Waals surface area contributed by atoms with Gasteiger partial charge >= 0.3 is 0 Å². The van der Waals surface area contributed by atoms with Crippen molar-refractivity contribution < 1.29 is 0 Å². The molecule has 3 heteroatoms. The minimum absolute atomic E-state index is 0.556. The van der Waals surface area contributed by atoms with Crippen molar-refractivity contribution >= 4 is 11.4 Å². The lowest BCUT2D eigenvalue weighted by Gasteiger charge is -2.18. The van der Waals surface area contributed by atoms with Gasteiger partial charge in [-0.2, -0.15) is 5.26 Å². The fraction of sp³-hybridized carbons (Fsp3) is 0.364. The topological polar surface area (TPSA) is 53.0 Å². The Balaban J connectivity index is 2.30. The van der Waals surface area contributed by atoms with Gasteiger partial charge in [0, 0.05) is 24.5 Å². The Morgan fingerprint density at radius 2 is 2.21 bits per heavy atom. The molecular formula is C11H13N3. The van der Waals surface area contributed by atoms with E-state index < -0.39 is 0 Å². The molecule has 0 aromatic heterocycles. The van der Waals surface area contributed by atoms with E-state index in [1.54, 1.807) is 6.07 Å². The van der Waals surface area contributed by atoms with E-state index in [1.807, 2.05) is 12.1 Å². The third-order valence-electron chi connectivity index (χ3n) is 2.66. The number of benzene rings is 1. The third-order valence-corrected chi connectivity index (χ3v) is 2.66. The zero-order valence-corrected chi connectivity index (χ0v) is 8.20. The number of rotatable bonds is 2. The van der Waals surface area contributed by atoms with Crippen LogP contribution in [-0.4, -0.2) is 13.1 Å². The van der Waals surface area contributed by atoms with Crippen molar-refractivity contribution in [3.05, 3.63) is 23.8 Å². The highest BCUT2D eigenvalue weighted by Gasteiger charge is 2.26. The molecule has 2 rings (SSSR count). The number of nitrogens with zero attached hydrogens (tertiary/aromatic N) is 2. The lowest BCUT2D eigenvalue weighted by atomic mass is 10.1. The number of hydrogen-bond donors (Lipinski definition) is 1. The van der Waals surface area contributed by atoms with Crippen LogP contribution in [0.5, 0.6) is 0 Å². The Kier molecular flexibility index (Phi) is 2.05. The number of anilines is 2. The van der Waals surface area contributed by atoms with Crippen molar-refractivity contribution in [3.8, 4) is 6.07 Å². The van der Waals surface area contributed by atoms with Crippen LogP contribution in [0.3, 0.4) is 0 Å². The van der Waals surface area contributed by atoms with Gasteiger partial charge in [0.05, 0.1) is 5.56 Å². The summed E-state index contributed by atoms with van der Waals surface area (Å²) in [6.45, 7) is 0. The van der Waals surface area contributed by atoms with Crippen LogP contribution in [-0.2, 0) is 0 Å². The molecule has 0 spiro atoms. The molecule has 14 heavy (non-hydrogen) atoms. The summed E-state index contributed by atoms with van der Waals surface area (Å²) in [7, 11) is 2.06. The van der Waals surface area contributed by atoms with E-state index in [-0.39, 0.29) is 0 Å². The van der Waals surface area contributed by atoms with Crippen LogP contribution in [0.1, 0.15) is 18.4 Å². The Morgan fingerprint density at radius 3 is 2.79 bits per heavy atom. The van der Waals surface area contributed by atoms with Crippen molar-refractivity contribution in [2.24, 2.45) is 0 Å². The summed E-state index contributed by atoms with van der Waals surface area (Å²) in [5, 5.41) is 8.83. The van der Waals surface area contributed by atoms with Gasteiger partial charge in [0.25, 0.3) is 0 Å². The fourth-order valence-corrected chi connectivity index (χ4v) is 1.53. The predicted molar refractivity (Wildman–Crippen MR) is 57.0 cm³/mol. The van der Waals surface area contributed by atoms with Crippen molar-refractivity contribution in [3.63, 3.8) is 0 Å². The summed E-state index contributed by atoms with van der Waals surface area (Å²) in [6.07, 6.45) is 2.51. The minimum atomic E-state index is 0.556. The van der Waals surface area contributed by atoms with E-state index in [1.165, 1.54) is 12.8 Å². The molecule has 2 N–H and O–H groups in total. The second kappa shape index (κ2) is 3.22. The molecule has 0 saturated heterocycles. The fourth-order valence-electron chi connectivity index (χ4n) is 1.53. The maximum atomic E-state index is 8.83. The van der Waals surface area contributed by atoms with Gasteiger partial charge in [-0.3, -0.25) is 0 Å². The largest absolute Gasteiger partial charge is 0.398 e. The van der Waals surface area contributed by atoms with Crippen LogP contribution in [0.2, 0.25) is 0 Å². The first-order chi connectivity index (χ1) is 6.72. The van der Waals surface area contributed by atoms with Crippen LogP contribution in [0.25, 0.3) is 0 Å². The molecule has 1 aromatic carbocycles. The highest BCUT2D eigenvalue weighted by Crippen LogP contribution is 2.31. The molecule has 0 unspecified atom stereocenters. The zero-order valence-electron chi connectivity index (χ0n) is 8.20. The lowest BCUT2D eigenvalue weighted by molar-refractivity contribution is 0.917.